The maximum atomic E-state index is 6.36. The minimum Gasteiger partial charge on any atom is -0.383 e. The molecule has 4 saturated carbocycles. The zero-order valence-corrected chi connectivity index (χ0v) is 9.74. The van der Waals surface area contributed by atoms with Crippen LogP contribution in [0.15, 0.2) is 0 Å². The first kappa shape index (κ1) is 10.1. The molecule has 0 spiro atoms. The van der Waals surface area contributed by atoms with Gasteiger partial charge >= 0.3 is 0 Å². The van der Waals surface area contributed by atoms with Crippen LogP contribution in [0.25, 0.3) is 0 Å². The van der Waals surface area contributed by atoms with Gasteiger partial charge in [0.2, 0.25) is 0 Å². The molecule has 0 aromatic heterocycles. The summed E-state index contributed by atoms with van der Waals surface area (Å²) in [7, 11) is 1.78. The Kier molecular flexibility index (Phi) is 2.33. The Hall–Kier alpha value is -0.0800. The summed E-state index contributed by atoms with van der Waals surface area (Å²) < 4.78 is 5.27. The summed E-state index contributed by atoms with van der Waals surface area (Å²) in [5, 5.41) is 0. The van der Waals surface area contributed by atoms with Crippen molar-refractivity contribution < 1.29 is 4.74 Å². The van der Waals surface area contributed by atoms with Gasteiger partial charge in [-0.1, -0.05) is 0 Å². The molecule has 1 atom stereocenters. The maximum absolute atomic E-state index is 6.36. The average Bonchev–Trinajstić information content (AvgIpc) is 2.15. The van der Waals surface area contributed by atoms with Crippen molar-refractivity contribution in [2.24, 2.45) is 28.9 Å². The standard InChI is InChI=1S/C13H23NO/c1-15-8-12(14)13-5-9-2-10(6-13)4-11(3-9)7-13/h9-12H,2-8,14H2,1H3. The molecule has 0 radical (unpaired) electrons. The van der Waals surface area contributed by atoms with Crippen molar-refractivity contribution in [3.05, 3.63) is 0 Å². The zero-order chi connectivity index (χ0) is 10.5. The second-order valence-electron chi connectivity index (χ2n) is 6.34. The van der Waals surface area contributed by atoms with Gasteiger partial charge in [0.25, 0.3) is 0 Å². The second-order valence-corrected chi connectivity index (χ2v) is 6.34. The highest BCUT2D eigenvalue weighted by molar-refractivity contribution is 5.05. The van der Waals surface area contributed by atoms with E-state index in [0.717, 1.165) is 24.4 Å². The smallest absolute Gasteiger partial charge is 0.0619 e. The monoisotopic (exact) mass is 209 g/mol. The van der Waals surface area contributed by atoms with Crippen LogP contribution in [0.2, 0.25) is 0 Å². The van der Waals surface area contributed by atoms with E-state index in [1.54, 1.807) is 7.11 Å². The minimum atomic E-state index is 0.288. The molecule has 4 bridgehead atoms. The van der Waals surface area contributed by atoms with Crippen LogP contribution in [0, 0.1) is 23.2 Å². The summed E-state index contributed by atoms with van der Waals surface area (Å²) >= 11 is 0. The topological polar surface area (TPSA) is 35.2 Å². The minimum absolute atomic E-state index is 0.288. The van der Waals surface area contributed by atoms with Gasteiger partial charge in [-0.15, -0.1) is 0 Å². The SMILES string of the molecule is COCC(N)C12CC3CC(CC(C3)C1)C2. The molecule has 0 aromatic rings. The fourth-order valence-corrected chi connectivity index (χ4v) is 4.99. The molecule has 1 unspecified atom stereocenters. The Morgan fingerprint density at radius 2 is 1.60 bits per heavy atom. The van der Waals surface area contributed by atoms with E-state index in [-0.39, 0.29) is 6.04 Å². The van der Waals surface area contributed by atoms with E-state index >= 15 is 0 Å². The number of nitrogens with two attached hydrogens (primary N) is 1. The van der Waals surface area contributed by atoms with E-state index in [1.165, 1.54) is 38.5 Å². The van der Waals surface area contributed by atoms with Gasteiger partial charge in [-0.05, 0) is 61.7 Å². The van der Waals surface area contributed by atoms with Gasteiger partial charge in [0.15, 0.2) is 0 Å². The van der Waals surface area contributed by atoms with E-state index in [1.807, 2.05) is 0 Å². The van der Waals surface area contributed by atoms with Crippen LogP contribution in [-0.2, 0) is 4.74 Å². The molecule has 15 heavy (non-hydrogen) atoms. The van der Waals surface area contributed by atoms with Gasteiger partial charge < -0.3 is 10.5 Å². The number of hydrogen-bond acceptors (Lipinski definition) is 2. The number of rotatable bonds is 3. The molecular formula is C13H23NO. The highest BCUT2D eigenvalue weighted by Crippen LogP contribution is 2.60. The molecule has 4 aliphatic carbocycles. The molecule has 2 nitrogen and oxygen atoms in total. The van der Waals surface area contributed by atoms with Crippen molar-refractivity contribution in [2.45, 2.75) is 44.6 Å². The number of hydrogen-bond donors (Lipinski definition) is 1. The zero-order valence-electron chi connectivity index (χ0n) is 9.74. The van der Waals surface area contributed by atoms with Crippen LogP contribution in [0.5, 0.6) is 0 Å². The van der Waals surface area contributed by atoms with Crippen molar-refractivity contribution in [1.29, 1.82) is 0 Å². The first-order valence-electron chi connectivity index (χ1n) is 6.46. The molecule has 0 aliphatic heterocycles. The Bertz CT molecular complexity index is 216. The first-order chi connectivity index (χ1) is 7.22. The molecule has 2 N–H and O–H groups in total. The predicted molar refractivity (Wildman–Crippen MR) is 60.5 cm³/mol. The van der Waals surface area contributed by atoms with Crippen molar-refractivity contribution in [3.8, 4) is 0 Å². The summed E-state index contributed by atoms with van der Waals surface area (Å²) in [6.45, 7) is 0.756. The normalized spacial score (nSPS) is 49.6. The lowest BCUT2D eigenvalue weighted by Crippen LogP contribution is -2.55. The van der Waals surface area contributed by atoms with Crippen LogP contribution >= 0.6 is 0 Å². The van der Waals surface area contributed by atoms with Gasteiger partial charge in [0.1, 0.15) is 0 Å². The Morgan fingerprint density at radius 1 is 1.13 bits per heavy atom. The van der Waals surface area contributed by atoms with Crippen LogP contribution in [0.3, 0.4) is 0 Å². The molecule has 4 aliphatic rings. The maximum Gasteiger partial charge on any atom is 0.0619 e. The Labute approximate surface area is 92.6 Å². The van der Waals surface area contributed by atoms with E-state index in [2.05, 4.69) is 0 Å². The van der Waals surface area contributed by atoms with Crippen LogP contribution in [-0.4, -0.2) is 19.8 Å². The van der Waals surface area contributed by atoms with Crippen molar-refractivity contribution >= 4 is 0 Å². The van der Waals surface area contributed by atoms with Gasteiger partial charge in [-0.25, -0.2) is 0 Å². The Balaban J connectivity index is 1.80. The molecule has 0 saturated heterocycles. The third kappa shape index (κ3) is 1.53. The fraction of sp³-hybridized carbons (Fsp3) is 1.00. The molecule has 2 heteroatoms. The average molecular weight is 209 g/mol. The van der Waals surface area contributed by atoms with Crippen LogP contribution in [0.1, 0.15) is 38.5 Å². The highest BCUT2D eigenvalue weighted by atomic mass is 16.5. The summed E-state index contributed by atoms with van der Waals surface area (Å²) in [6.07, 6.45) is 8.67. The number of ether oxygens (including phenoxy) is 1. The molecule has 86 valence electrons. The van der Waals surface area contributed by atoms with Crippen molar-refractivity contribution in [2.75, 3.05) is 13.7 Å². The summed E-state index contributed by atoms with van der Waals surface area (Å²) in [5.41, 5.74) is 6.82. The second kappa shape index (κ2) is 3.46. The number of methoxy groups -OCH3 is 1. The summed E-state index contributed by atoms with van der Waals surface area (Å²) in [6, 6.07) is 0.288. The third-order valence-corrected chi connectivity index (χ3v) is 5.22. The summed E-state index contributed by atoms with van der Waals surface area (Å²) in [5.74, 6) is 3.00. The first-order valence-corrected chi connectivity index (χ1v) is 6.46. The largest absolute Gasteiger partial charge is 0.383 e. The molecule has 4 fully saturated rings. The van der Waals surface area contributed by atoms with Crippen molar-refractivity contribution in [3.63, 3.8) is 0 Å². The van der Waals surface area contributed by atoms with E-state index in [0.29, 0.717) is 5.41 Å². The molecular weight excluding hydrogens is 186 g/mol. The van der Waals surface area contributed by atoms with E-state index in [4.69, 9.17) is 10.5 Å². The van der Waals surface area contributed by atoms with E-state index < -0.39 is 0 Å². The van der Waals surface area contributed by atoms with Gasteiger partial charge in [-0.2, -0.15) is 0 Å². The lowest BCUT2D eigenvalue weighted by atomic mass is 9.48. The Morgan fingerprint density at radius 3 is 2.00 bits per heavy atom. The molecule has 0 amide bonds. The van der Waals surface area contributed by atoms with Crippen LogP contribution in [0.4, 0.5) is 0 Å². The molecule has 0 heterocycles. The summed E-state index contributed by atoms with van der Waals surface area (Å²) in [4.78, 5) is 0. The lowest BCUT2D eigenvalue weighted by Gasteiger charge is -2.58. The van der Waals surface area contributed by atoms with Gasteiger partial charge in [0, 0.05) is 13.2 Å². The predicted octanol–water partition coefficient (Wildman–Crippen LogP) is 2.18. The van der Waals surface area contributed by atoms with E-state index in [9.17, 15) is 0 Å². The van der Waals surface area contributed by atoms with Crippen LogP contribution < -0.4 is 5.73 Å². The van der Waals surface area contributed by atoms with Gasteiger partial charge in [0.05, 0.1) is 6.61 Å². The highest BCUT2D eigenvalue weighted by Gasteiger charge is 2.53. The third-order valence-electron chi connectivity index (χ3n) is 5.22. The fourth-order valence-electron chi connectivity index (χ4n) is 4.99. The molecule has 4 rings (SSSR count). The lowest BCUT2D eigenvalue weighted by molar-refractivity contribution is -0.0775. The molecule has 0 aromatic carbocycles. The van der Waals surface area contributed by atoms with Crippen molar-refractivity contribution in [1.82, 2.24) is 0 Å². The quantitative estimate of drug-likeness (QED) is 0.773. The van der Waals surface area contributed by atoms with Gasteiger partial charge in [-0.3, -0.25) is 0 Å².